The van der Waals surface area contributed by atoms with Crippen molar-refractivity contribution in [3.63, 3.8) is 0 Å². The van der Waals surface area contributed by atoms with Gasteiger partial charge in [-0.15, -0.1) is 0 Å². The van der Waals surface area contributed by atoms with E-state index in [9.17, 15) is 22.8 Å². The van der Waals surface area contributed by atoms with Gasteiger partial charge in [-0.05, 0) is 61.9 Å². The van der Waals surface area contributed by atoms with Gasteiger partial charge >= 0.3 is 6.18 Å². The normalized spacial score (nSPS) is 16.2. The smallest absolute Gasteiger partial charge is 0.416 e. The van der Waals surface area contributed by atoms with E-state index in [2.05, 4.69) is 10.4 Å². The lowest BCUT2D eigenvalue weighted by atomic mass is 10.1. The number of halogens is 3. The van der Waals surface area contributed by atoms with Crippen molar-refractivity contribution >= 4 is 17.5 Å². The molecule has 11 heteroatoms. The molecule has 8 nitrogen and oxygen atoms in total. The number of anilines is 1. The molecule has 1 fully saturated rings. The maximum absolute atomic E-state index is 13.0. The summed E-state index contributed by atoms with van der Waals surface area (Å²) in [6.45, 7) is 1.60. The van der Waals surface area contributed by atoms with E-state index in [1.54, 1.807) is 42.2 Å². The maximum Gasteiger partial charge on any atom is 0.416 e. The summed E-state index contributed by atoms with van der Waals surface area (Å²) in [6, 6.07) is 10.7. The van der Waals surface area contributed by atoms with Crippen LogP contribution in [0, 0.1) is 0 Å². The van der Waals surface area contributed by atoms with Crippen molar-refractivity contribution < 1.29 is 27.5 Å². The van der Waals surface area contributed by atoms with Crippen LogP contribution in [-0.2, 0) is 18.0 Å². The second-order valence-corrected chi connectivity index (χ2v) is 8.53. The summed E-state index contributed by atoms with van der Waals surface area (Å²) in [5.41, 5.74) is 6.22. The standard InChI is InChI=1S/C25H26F3N5O3/c1-32-20(9-10-30-32)19-15-18(31-24(35)16-4-2-5-17(14-16)25(26,27)28)7-8-22(19)36-13-12-33-11-3-6-21(33)23(29)34/h2,4-5,7-10,14-15,21H,3,6,11-13H2,1H3,(H2,29,34)(H,31,35)/t21-/m1/s1. The van der Waals surface area contributed by atoms with Crippen LogP contribution in [0.3, 0.4) is 0 Å². The van der Waals surface area contributed by atoms with Crippen LogP contribution in [0.4, 0.5) is 18.9 Å². The van der Waals surface area contributed by atoms with Gasteiger partial charge in [-0.2, -0.15) is 18.3 Å². The van der Waals surface area contributed by atoms with Gasteiger partial charge < -0.3 is 15.8 Å². The minimum Gasteiger partial charge on any atom is -0.492 e. The highest BCUT2D eigenvalue weighted by Crippen LogP contribution is 2.33. The first kappa shape index (κ1) is 25.2. The van der Waals surface area contributed by atoms with Crippen LogP contribution in [0.25, 0.3) is 11.3 Å². The minimum atomic E-state index is -4.55. The molecule has 4 rings (SSSR count). The minimum absolute atomic E-state index is 0.109. The molecule has 2 amide bonds. The molecule has 190 valence electrons. The number of hydrogen-bond acceptors (Lipinski definition) is 5. The fourth-order valence-corrected chi connectivity index (χ4v) is 4.30. The van der Waals surface area contributed by atoms with Gasteiger partial charge in [0.05, 0.1) is 17.3 Å². The predicted molar refractivity (Wildman–Crippen MR) is 127 cm³/mol. The zero-order chi connectivity index (χ0) is 25.9. The van der Waals surface area contributed by atoms with Crippen molar-refractivity contribution in [2.24, 2.45) is 12.8 Å². The van der Waals surface area contributed by atoms with E-state index in [1.807, 2.05) is 4.90 Å². The summed E-state index contributed by atoms with van der Waals surface area (Å²) in [4.78, 5) is 26.3. The number of likely N-dealkylation sites (tertiary alicyclic amines) is 1. The van der Waals surface area contributed by atoms with E-state index >= 15 is 0 Å². The average molecular weight is 502 g/mol. The molecule has 3 N–H and O–H groups in total. The number of aryl methyl sites for hydroxylation is 1. The predicted octanol–water partition coefficient (Wildman–Crippen LogP) is 3.69. The number of amides is 2. The molecule has 2 aromatic carbocycles. The van der Waals surface area contributed by atoms with Gasteiger partial charge in [0.1, 0.15) is 12.4 Å². The average Bonchev–Trinajstić information content (AvgIpc) is 3.48. The number of nitrogens with zero attached hydrogens (tertiary/aromatic N) is 3. The SMILES string of the molecule is Cn1nccc1-c1cc(NC(=O)c2cccc(C(F)(F)F)c2)ccc1OCCN1CCC[C@@H]1C(N)=O. The van der Waals surface area contributed by atoms with Crippen LogP contribution in [-0.4, -0.2) is 52.2 Å². The Hall–Kier alpha value is -3.86. The Morgan fingerprint density at radius 2 is 2.00 bits per heavy atom. The van der Waals surface area contributed by atoms with E-state index in [-0.39, 0.29) is 17.5 Å². The summed E-state index contributed by atoms with van der Waals surface area (Å²) < 4.78 is 46.8. The second kappa shape index (κ2) is 10.4. The number of alkyl halides is 3. The quantitative estimate of drug-likeness (QED) is 0.490. The number of rotatable bonds is 8. The van der Waals surface area contributed by atoms with E-state index in [0.717, 1.165) is 37.2 Å². The lowest BCUT2D eigenvalue weighted by Crippen LogP contribution is -2.42. The zero-order valence-electron chi connectivity index (χ0n) is 19.6. The van der Waals surface area contributed by atoms with E-state index in [0.29, 0.717) is 30.2 Å². The molecule has 1 aliphatic rings. The third kappa shape index (κ3) is 5.68. The first-order chi connectivity index (χ1) is 17.1. The Labute approximate surface area is 205 Å². The first-order valence-corrected chi connectivity index (χ1v) is 11.4. The summed E-state index contributed by atoms with van der Waals surface area (Å²) in [5, 5.41) is 6.84. The second-order valence-electron chi connectivity index (χ2n) is 8.53. The van der Waals surface area contributed by atoms with E-state index in [1.165, 1.54) is 12.1 Å². The third-order valence-electron chi connectivity index (χ3n) is 6.11. The van der Waals surface area contributed by atoms with Gasteiger partial charge in [0, 0.05) is 36.6 Å². The largest absolute Gasteiger partial charge is 0.492 e. The van der Waals surface area contributed by atoms with Gasteiger partial charge in [0.2, 0.25) is 5.91 Å². The van der Waals surface area contributed by atoms with Crippen molar-refractivity contribution in [3.05, 3.63) is 65.9 Å². The molecule has 0 saturated carbocycles. The van der Waals surface area contributed by atoms with Crippen LogP contribution in [0.5, 0.6) is 5.75 Å². The lowest BCUT2D eigenvalue weighted by molar-refractivity contribution is -0.137. The van der Waals surface area contributed by atoms with Gasteiger partial charge in [-0.25, -0.2) is 0 Å². The van der Waals surface area contributed by atoms with Crippen LogP contribution in [0.2, 0.25) is 0 Å². The number of ether oxygens (including phenoxy) is 1. The number of hydrogen-bond donors (Lipinski definition) is 2. The first-order valence-electron chi connectivity index (χ1n) is 11.4. The van der Waals surface area contributed by atoms with Gasteiger partial charge in [-0.3, -0.25) is 19.2 Å². The van der Waals surface area contributed by atoms with Gasteiger partial charge in [0.25, 0.3) is 5.91 Å². The monoisotopic (exact) mass is 501 g/mol. The molecular weight excluding hydrogens is 475 g/mol. The van der Waals surface area contributed by atoms with Crippen LogP contribution in [0.1, 0.15) is 28.8 Å². The fraction of sp³-hybridized carbons (Fsp3) is 0.320. The highest BCUT2D eigenvalue weighted by atomic mass is 19.4. The van der Waals surface area contributed by atoms with Crippen molar-refractivity contribution in [2.45, 2.75) is 25.1 Å². The molecule has 1 aromatic heterocycles. The maximum atomic E-state index is 13.0. The number of carbonyl (C=O) groups is 2. The number of nitrogens with one attached hydrogen (secondary N) is 1. The lowest BCUT2D eigenvalue weighted by Gasteiger charge is -2.22. The summed E-state index contributed by atoms with van der Waals surface area (Å²) in [6.07, 6.45) is -1.30. The Kier molecular flexibility index (Phi) is 7.30. The number of nitrogens with two attached hydrogens (primary N) is 1. The Bertz CT molecular complexity index is 1260. The molecular formula is C25H26F3N5O3. The van der Waals surface area contributed by atoms with Crippen molar-refractivity contribution in [1.82, 2.24) is 14.7 Å². The van der Waals surface area contributed by atoms with Crippen LogP contribution in [0.15, 0.2) is 54.7 Å². The molecule has 0 bridgehead atoms. The van der Waals surface area contributed by atoms with Gasteiger partial charge in [0.15, 0.2) is 0 Å². The molecule has 1 aliphatic heterocycles. The summed E-state index contributed by atoms with van der Waals surface area (Å²) in [5.74, 6) is -0.480. The van der Waals surface area contributed by atoms with Crippen LogP contribution < -0.4 is 15.8 Å². The molecule has 1 atom stereocenters. The van der Waals surface area contributed by atoms with Crippen molar-refractivity contribution in [3.8, 4) is 17.0 Å². The number of primary amides is 1. The highest BCUT2D eigenvalue weighted by Gasteiger charge is 2.31. The summed E-state index contributed by atoms with van der Waals surface area (Å²) in [7, 11) is 1.76. The molecule has 1 saturated heterocycles. The molecule has 3 aromatic rings. The zero-order valence-corrected chi connectivity index (χ0v) is 19.6. The van der Waals surface area contributed by atoms with Gasteiger partial charge in [-0.1, -0.05) is 6.07 Å². The van der Waals surface area contributed by atoms with Crippen molar-refractivity contribution in [2.75, 3.05) is 25.0 Å². The molecule has 0 aliphatic carbocycles. The molecule has 2 heterocycles. The number of carbonyl (C=O) groups excluding carboxylic acids is 2. The molecule has 0 unspecified atom stereocenters. The third-order valence-corrected chi connectivity index (χ3v) is 6.11. The molecule has 0 radical (unpaired) electrons. The van der Waals surface area contributed by atoms with E-state index < -0.39 is 17.6 Å². The molecule has 36 heavy (non-hydrogen) atoms. The topological polar surface area (TPSA) is 102 Å². The Morgan fingerprint density at radius 1 is 1.19 bits per heavy atom. The highest BCUT2D eigenvalue weighted by molar-refractivity contribution is 6.04. The fourth-order valence-electron chi connectivity index (χ4n) is 4.30. The van der Waals surface area contributed by atoms with E-state index in [4.69, 9.17) is 10.5 Å². The van der Waals surface area contributed by atoms with Crippen molar-refractivity contribution in [1.29, 1.82) is 0 Å². The number of aromatic nitrogens is 2. The number of benzene rings is 2. The summed E-state index contributed by atoms with van der Waals surface area (Å²) >= 11 is 0. The molecule has 0 spiro atoms. The Balaban J connectivity index is 1.52. The van der Waals surface area contributed by atoms with Crippen LogP contribution >= 0.6 is 0 Å². The Morgan fingerprint density at radius 3 is 2.69 bits per heavy atom.